The van der Waals surface area contributed by atoms with Crippen LogP contribution >= 0.6 is 11.8 Å². The Morgan fingerprint density at radius 3 is 2.52 bits per heavy atom. The highest BCUT2D eigenvalue weighted by molar-refractivity contribution is 7.98. The van der Waals surface area contributed by atoms with Crippen LogP contribution in [0.5, 0.6) is 5.75 Å². The fourth-order valence-electron chi connectivity index (χ4n) is 2.32. The fourth-order valence-corrected chi connectivity index (χ4v) is 4.17. The van der Waals surface area contributed by atoms with E-state index in [4.69, 9.17) is 4.74 Å². The number of hydrogen-bond acceptors (Lipinski definition) is 6. The van der Waals surface area contributed by atoms with Crippen LogP contribution < -0.4 is 4.74 Å². The van der Waals surface area contributed by atoms with Crippen molar-refractivity contribution in [1.82, 2.24) is 4.31 Å². The molecule has 0 unspecified atom stereocenters. The predicted molar refractivity (Wildman–Crippen MR) is 96.5 cm³/mol. The summed E-state index contributed by atoms with van der Waals surface area (Å²) in [6.07, 6.45) is 1.92. The smallest absolute Gasteiger partial charge is 0.289 e. The van der Waals surface area contributed by atoms with Crippen LogP contribution in [0.15, 0.2) is 52.3 Å². The quantitative estimate of drug-likeness (QED) is 0.415. The second-order valence-corrected chi connectivity index (χ2v) is 8.04. The molecule has 0 aliphatic rings. The van der Waals surface area contributed by atoms with Gasteiger partial charge in [0.15, 0.2) is 4.90 Å². The third kappa shape index (κ3) is 4.12. The molecule has 0 saturated carbocycles. The van der Waals surface area contributed by atoms with Crippen LogP contribution in [0, 0.1) is 10.1 Å². The van der Waals surface area contributed by atoms with E-state index >= 15 is 0 Å². The summed E-state index contributed by atoms with van der Waals surface area (Å²) in [5, 5.41) is 11.1. The SMILES string of the molecule is COc1cc(CN(C)S(=O)(=O)c2ccccc2[N+](=O)[O-])ccc1SC. The van der Waals surface area contributed by atoms with Crippen LogP contribution in [0.25, 0.3) is 0 Å². The van der Waals surface area contributed by atoms with Crippen molar-refractivity contribution >= 4 is 27.5 Å². The van der Waals surface area contributed by atoms with Gasteiger partial charge in [0, 0.05) is 24.6 Å². The zero-order chi connectivity index (χ0) is 18.6. The first-order valence-corrected chi connectivity index (χ1v) is 9.88. The lowest BCUT2D eigenvalue weighted by atomic mass is 10.2. The van der Waals surface area contributed by atoms with Gasteiger partial charge in [-0.1, -0.05) is 18.2 Å². The Labute approximate surface area is 150 Å². The molecule has 0 aromatic heterocycles. The molecular formula is C16H18N2O5S2. The summed E-state index contributed by atoms with van der Waals surface area (Å²) in [4.78, 5) is 11.0. The summed E-state index contributed by atoms with van der Waals surface area (Å²) in [7, 11) is -1.06. The van der Waals surface area contributed by atoms with Crippen molar-refractivity contribution in [2.45, 2.75) is 16.3 Å². The molecular weight excluding hydrogens is 364 g/mol. The van der Waals surface area contributed by atoms with Crippen molar-refractivity contribution in [3.8, 4) is 5.75 Å². The van der Waals surface area contributed by atoms with Crippen LogP contribution in [-0.2, 0) is 16.6 Å². The van der Waals surface area contributed by atoms with Gasteiger partial charge in [-0.3, -0.25) is 10.1 Å². The van der Waals surface area contributed by atoms with E-state index in [0.717, 1.165) is 14.8 Å². The minimum Gasteiger partial charge on any atom is -0.496 e. The number of nitro groups is 1. The monoisotopic (exact) mass is 382 g/mol. The molecule has 0 radical (unpaired) electrons. The molecule has 0 fully saturated rings. The maximum absolute atomic E-state index is 12.7. The molecule has 7 nitrogen and oxygen atoms in total. The molecule has 0 amide bonds. The second kappa shape index (κ2) is 7.85. The number of rotatable bonds is 7. The van der Waals surface area contributed by atoms with Crippen molar-refractivity contribution in [3.05, 3.63) is 58.1 Å². The third-order valence-electron chi connectivity index (χ3n) is 3.60. The van der Waals surface area contributed by atoms with Gasteiger partial charge in [0.25, 0.3) is 5.69 Å². The van der Waals surface area contributed by atoms with Crippen molar-refractivity contribution in [1.29, 1.82) is 0 Å². The zero-order valence-corrected chi connectivity index (χ0v) is 15.6. The predicted octanol–water partition coefficient (Wildman–Crippen LogP) is 3.15. The van der Waals surface area contributed by atoms with Crippen LogP contribution in [0.2, 0.25) is 0 Å². The van der Waals surface area contributed by atoms with Gasteiger partial charge in [-0.25, -0.2) is 8.42 Å². The van der Waals surface area contributed by atoms with Gasteiger partial charge in [-0.2, -0.15) is 4.31 Å². The maximum atomic E-state index is 12.7. The topological polar surface area (TPSA) is 89.8 Å². The Morgan fingerprint density at radius 2 is 1.92 bits per heavy atom. The number of thioether (sulfide) groups is 1. The summed E-state index contributed by atoms with van der Waals surface area (Å²) in [6.45, 7) is 0.0689. The lowest BCUT2D eigenvalue weighted by Crippen LogP contribution is -2.27. The minimum atomic E-state index is -4.00. The average molecular weight is 382 g/mol. The molecule has 0 aliphatic heterocycles. The number of sulfonamides is 1. The molecule has 2 aromatic rings. The van der Waals surface area contributed by atoms with Crippen molar-refractivity contribution in [2.24, 2.45) is 0 Å². The van der Waals surface area contributed by atoms with Crippen molar-refractivity contribution in [3.63, 3.8) is 0 Å². The molecule has 0 aliphatic carbocycles. The molecule has 9 heteroatoms. The van der Waals surface area contributed by atoms with E-state index < -0.39 is 20.6 Å². The van der Waals surface area contributed by atoms with Gasteiger partial charge in [-0.15, -0.1) is 11.8 Å². The number of nitro benzene ring substituents is 1. The first kappa shape index (κ1) is 19.2. The summed E-state index contributed by atoms with van der Waals surface area (Å²) in [6, 6.07) is 10.7. The maximum Gasteiger partial charge on any atom is 0.289 e. The van der Waals surface area contributed by atoms with E-state index in [1.165, 1.54) is 43.1 Å². The van der Waals surface area contributed by atoms with Gasteiger partial charge in [0.05, 0.1) is 12.0 Å². The zero-order valence-electron chi connectivity index (χ0n) is 14.0. The summed E-state index contributed by atoms with van der Waals surface area (Å²) in [5.74, 6) is 0.654. The number of hydrogen-bond donors (Lipinski definition) is 0. The van der Waals surface area contributed by atoms with E-state index in [9.17, 15) is 18.5 Å². The highest BCUT2D eigenvalue weighted by atomic mass is 32.2. The van der Waals surface area contributed by atoms with Crippen LogP contribution in [-0.4, -0.2) is 38.1 Å². The third-order valence-corrected chi connectivity index (χ3v) is 6.23. The van der Waals surface area contributed by atoms with Crippen molar-refractivity contribution < 1.29 is 18.1 Å². The van der Waals surface area contributed by atoms with Crippen LogP contribution in [0.1, 0.15) is 5.56 Å². The van der Waals surface area contributed by atoms with E-state index in [1.54, 1.807) is 19.2 Å². The minimum absolute atomic E-state index is 0.0689. The summed E-state index contributed by atoms with van der Waals surface area (Å²) in [5.41, 5.74) is 0.281. The van der Waals surface area contributed by atoms with Crippen LogP contribution in [0.4, 0.5) is 5.69 Å². The first-order valence-electron chi connectivity index (χ1n) is 7.22. The highest BCUT2D eigenvalue weighted by Crippen LogP contribution is 2.30. The summed E-state index contributed by atoms with van der Waals surface area (Å²) >= 11 is 1.52. The molecule has 2 rings (SSSR count). The first-order chi connectivity index (χ1) is 11.8. The van der Waals surface area contributed by atoms with Gasteiger partial charge in [0.2, 0.25) is 10.0 Å². The molecule has 2 aromatic carbocycles. The lowest BCUT2D eigenvalue weighted by molar-refractivity contribution is -0.387. The van der Waals surface area contributed by atoms with Crippen LogP contribution in [0.3, 0.4) is 0 Å². The number of nitrogens with zero attached hydrogens (tertiary/aromatic N) is 2. The lowest BCUT2D eigenvalue weighted by Gasteiger charge is -2.18. The number of ether oxygens (including phenoxy) is 1. The van der Waals surface area contributed by atoms with E-state index in [2.05, 4.69) is 0 Å². The second-order valence-electron chi connectivity index (χ2n) is 5.18. The molecule has 0 heterocycles. The molecule has 0 saturated heterocycles. The van der Waals surface area contributed by atoms with E-state index in [1.807, 2.05) is 12.3 Å². The molecule has 0 N–H and O–H groups in total. The van der Waals surface area contributed by atoms with Gasteiger partial charge < -0.3 is 4.74 Å². The standard InChI is InChI=1S/C16H18N2O5S2/c1-17(11-12-8-9-15(24-3)14(10-12)23-2)25(21,22)16-7-5-4-6-13(16)18(19)20/h4-10H,11H2,1-3H3. The Bertz CT molecular complexity index is 884. The largest absolute Gasteiger partial charge is 0.496 e. The normalized spacial score (nSPS) is 11.5. The Balaban J connectivity index is 2.34. The highest BCUT2D eigenvalue weighted by Gasteiger charge is 2.29. The number of para-hydroxylation sites is 1. The van der Waals surface area contributed by atoms with E-state index in [0.29, 0.717) is 5.75 Å². The van der Waals surface area contributed by atoms with E-state index in [-0.39, 0.29) is 11.4 Å². The number of benzene rings is 2. The molecule has 0 bridgehead atoms. The van der Waals surface area contributed by atoms with Crippen molar-refractivity contribution in [2.75, 3.05) is 20.4 Å². The molecule has 134 valence electrons. The molecule has 0 atom stereocenters. The average Bonchev–Trinajstić information content (AvgIpc) is 2.61. The Morgan fingerprint density at radius 1 is 1.24 bits per heavy atom. The van der Waals surface area contributed by atoms with Gasteiger partial charge in [-0.05, 0) is 30.0 Å². The molecule has 25 heavy (non-hydrogen) atoms. The Hall–Kier alpha value is -2.10. The summed E-state index contributed by atoms with van der Waals surface area (Å²) < 4.78 is 31.8. The molecule has 0 spiro atoms. The fraction of sp³-hybridized carbons (Fsp3) is 0.250. The van der Waals surface area contributed by atoms with Gasteiger partial charge in [0.1, 0.15) is 5.75 Å². The van der Waals surface area contributed by atoms with Gasteiger partial charge >= 0.3 is 0 Å². The Kier molecular flexibility index (Phi) is 6.04. The number of methoxy groups -OCH3 is 1.